The number of nitrogens with two attached hydrogens (primary N) is 1. The minimum absolute atomic E-state index is 0. The molecule has 0 atom stereocenters. The molecule has 2 aromatic rings. The molecule has 0 aliphatic heterocycles. The number of nitrogens with one attached hydrogen (secondary N) is 1. The van der Waals surface area contributed by atoms with Gasteiger partial charge >= 0.3 is 0 Å². The molecule has 0 heterocycles. The Kier molecular flexibility index (Phi) is 14.8. The predicted molar refractivity (Wildman–Crippen MR) is 120 cm³/mol. The number of thiocarbonyl (C=S) groups is 1. The first kappa shape index (κ1) is 27.2. The van der Waals surface area contributed by atoms with E-state index in [1.54, 1.807) is 24.3 Å². The van der Waals surface area contributed by atoms with Crippen molar-refractivity contribution in [2.24, 2.45) is 5.84 Å². The lowest BCUT2D eigenvalue weighted by Gasteiger charge is -2.14. The van der Waals surface area contributed by atoms with Gasteiger partial charge in [-0.15, -0.1) is 12.4 Å². The molecule has 0 spiro atoms. The van der Waals surface area contributed by atoms with Crippen molar-refractivity contribution in [1.29, 1.82) is 0 Å². The number of aryl methyl sites for hydroxylation is 1. The first-order valence-corrected chi connectivity index (χ1v) is 8.73. The second kappa shape index (κ2) is 14.1. The molecule has 26 heavy (non-hydrogen) atoms. The first-order valence-electron chi connectivity index (χ1n) is 7.56. The summed E-state index contributed by atoms with van der Waals surface area (Å²) >= 11 is 15.6. The van der Waals surface area contributed by atoms with Crippen LogP contribution in [0, 0.1) is 6.92 Å². The molecule has 3 N–H and O–H groups in total. The van der Waals surface area contributed by atoms with Crippen LogP contribution in [-0.4, -0.2) is 15.1 Å². The van der Waals surface area contributed by atoms with Crippen molar-refractivity contribution in [2.45, 2.75) is 33.2 Å². The van der Waals surface area contributed by atoms with Gasteiger partial charge in [0.1, 0.15) is 4.32 Å². The summed E-state index contributed by atoms with van der Waals surface area (Å²) in [6, 6.07) is 16.5. The van der Waals surface area contributed by atoms with E-state index in [1.807, 2.05) is 58.0 Å². The van der Waals surface area contributed by atoms with Gasteiger partial charge in [0.25, 0.3) is 5.24 Å². The fraction of sp³-hybridized carbons (Fsp3) is 0.263. The molecule has 0 bridgehead atoms. The lowest BCUT2D eigenvalue weighted by molar-refractivity contribution is 0.108. The van der Waals surface area contributed by atoms with Crippen LogP contribution in [0.1, 0.15) is 42.3 Å². The molecule has 0 aliphatic rings. The molecule has 0 aromatic heterocycles. The number of rotatable bonds is 2. The monoisotopic (exact) mass is 434 g/mol. The van der Waals surface area contributed by atoms with Crippen molar-refractivity contribution in [2.75, 3.05) is 0 Å². The molecule has 2 rings (SSSR count). The maximum absolute atomic E-state index is 10.4. The van der Waals surface area contributed by atoms with Gasteiger partial charge in [-0.2, -0.15) is 0 Å². The quantitative estimate of drug-likeness (QED) is 0.277. The molecule has 3 nitrogen and oxygen atoms in total. The highest BCUT2D eigenvalue weighted by Gasteiger charge is 2.02. The zero-order chi connectivity index (χ0) is 19.5. The van der Waals surface area contributed by atoms with Gasteiger partial charge in [0.15, 0.2) is 0 Å². The van der Waals surface area contributed by atoms with Crippen molar-refractivity contribution in [3.63, 3.8) is 0 Å². The lowest BCUT2D eigenvalue weighted by atomic mass is 10.1. The van der Waals surface area contributed by atoms with E-state index >= 15 is 0 Å². The van der Waals surface area contributed by atoms with Crippen molar-refractivity contribution < 1.29 is 4.79 Å². The largest absolute Gasteiger partial charge is 0.276 e. The van der Waals surface area contributed by atoms with Crippen LogP contribution in [0.15, 0.2) is 54.6 Å². The van der Waals surface area contributed by atoms with E-state index in [2.05, 4.69) is 5.43 Å². The average molecular weight is 436 g/mol. The third-order valence-electron chi connectivity index (χ3n) is 2.79. The topological polar surface area (TPSA) is 55.1 Å². The predicted octanol–water partition coefficient (Wildman–Crippen LogP) is 5.64. The number of hydrogen-bond acceptors (Lipinski definition) is 4. The second-order valence-corrected chi connectivity index (χ2v) is 7.48. The molecule has 0 saturated heterocycles. The number of carbonyl (C=O) groups is 1. The van der Waals surface area contributed by atoms with Gasteiger partial charge in [0.05, 0.1) is 0 Å². The smallest absolute Gasteiger partial charge is 0.252 e. The molecule has 0 aliphatic carbocycles. The molecule has 0 saturated carbocycles. The molecule has 0 unspecified atom stereocenters. The number of benzene rings is 2. The van der Waals surface area contributed by atoms with Crippen molar-refractivity contribution in [3.8, 4) is 0 Å². The van der Waals surface area contributed by atoms with Gasteiger partial charge in [0.2, 0.25) is 0 Å². The van der Waals surface area contributed by atoms with Crippen LogP contribution in [-0.2, 0) is 0 Å². The Hall–Kier alpha value is -1.01. The van der Waals surface area contributed by atoms with E-state index in [0.717, 1.165) is 11.1 Å². The Morgan fingerprint density at radius 3 is 1.69 bits per heavy atom. The normalized spacial score (nSPS) is 9.50. The molecule has 0 fully saturated rings. The zero-order valence-electron chi connectivity index (χ0n) is 15.3. The van der Waals surface area contributed by atoms with E-state index in [0.29, 0.717) is 9.89 Å². The number of hydrazine groups is 1. The van der Waals surface area contributed by atoms with Crippen LogP contribution in [0.5, 0.6) is 0 Å². The maximum Gasteiger partial charge on any atom is 0.252 e. The third-order valence-corrected chi connectivity index (χ3v) is 3.43. The maximum atomic E-state index is 10.4. The van der Waals surface area contributed by atoms with Crippen molar-refractivity contribution in [1.82, 2.24) is 5.43 Å². The van der Waals surface area contributed by atoms with Crippen LogP contribution in [0.3, 0.4) is 0 Å². The Bertz CT molecular complexity index is 674. The fourth-order valence-corrected chi connectivity index (χ4v) is 1.93. The summed E-state index contributed by atoms with van der Waals surface area (Å²) in [5.41, 5.74) is 5.30. The second-order valence-electron chi connectivity index (χ2n) is 6.12. The molecular weight excluding hydrogens is 411 g/mol. The van der Waals surface area contributed by atoms with Gasteiger partial charge in [-0.05, 0) is 44.9 Å². The molecular formula is C19H25Cl3N2OS. The van der Waals surface area contributed by atoms with E-state index in [4.69, 9.17) is 41.3 Å². The van der Waals surface area contributed by atoms with Crippen LogP contribution in [0.25, 0.3) is 0 Å². The summed E-state index contributed by atoms with van der Waals surface area (Å²) in [5.74, 6) is 5.06. The van der Waals surface area contributed by atoms with Crippen LogP contribution in [0.4, 0.5) is 0 Å². The zero-order valence-corrected chi connectivity index (χ0v) is 18.4. The third kappa shape index (κ3) is 13.2. The number of carbonyl (C=O) groups excluding carboxylic acids is 1. The summed E-state index contributed by atoms with van der Waals surface area (Å²) in [6.45, 7) is 8.01. The van der Waals surface area contributed by atoms with Crippen LogP contribution >= 0.6 is 47.8 Å². The Labute approximate surface area is 177 Å². The van der Waals surface area contributed by atoms with Gasteiger partial charge in [-0.25, -0.2) is 0 Å². The summed E-state index contributed by atoms with van der Waals surface area (Å²) in [7, 11) is 0. The van der Waals surface area contributed by atoms with Crippen LogP contribution < -0.4 is 11.3 Å². The summed E-state index contributed by atoms with van der Waals surface area (Å²) < 4.78 is 0.443. The molecule has 0 amide bonds. The Morgan fingerprint density at radius 2 is 1.42 bits per heavy atom. The van der Waals surface area contributed by atoms with E-state index < -0.39 is 5.24 Å². The van der Waals surface area contributed by atoms with Crippen molar-refractivity contribution >= 4 is 57.4 Å². The van der Waals surface area contributed by atoms with Gasteiger partial charge in [0, 0.05) is 16.7 Å². The van der Waals surface area contributed by atoms with Gasteiger partial charge in [-0.3, -0.25) is 16.1 Å². The molecule has 7 heteroatoms. The van der Waals surface area contributed by atoms with Crippen LogP contribution in [0.2, 0.25) is 0 Å². The number of hydrogen-bond donors (Lipinski definition) is 2. The Morgan fingerprint density at radius 1 is 1.00 bits per heavy atom. The molecule has 144 valence electrons. The van der Waals surface area contributed by atoms with E-state index in [9.17, 15) is 4.79 Å². The van der Waals surface area contributed by atoms with E-state index in [1.165, 1.54) is 0 Å². The average Bonchev–Trinajstić information content (AvgIpc) is 2.56. The summed E-state index contributed by atoms with van der Waals surface area (Å²) in [6.07, 6.45) is 0. The first-order chi connectivity index (χ1) is 11.6. The highest BCUT2D eigenvalue weighted by atomic mass is 35.5. The minimum Gasteiger partial charge on any atom is -0.276 e. The fourth-order valence-electron chi connectivity index (χ4n) is 1.36. The van der Waals surface area contributed by atoms with E-state index in [-0.39, 0.29) is 17.9 Å². The van der Waals surface area contributed by atoms with Gasteiger partial charge < -0.3 is 0 Å². The Balaban J connectivity index is 0. The molecule has 2 aromatic carbocycles. The highest BCUT2D eigenvalue weighted by Crippen LogP contribution is 2.10. The summed E-state index contributed by atoms with van der Waals surface area (Å²) in [5, 5.41) is -0.407. The lowest BCUT2D eigenvalue weighted by Crippen LogP contribution is -2.41. The summed E-state index contributed by atoms with van der Waals surface area (Å²) in [4.78, 5) is 10.4. The minimum atomic E-state index is -0.407. The van der Waals surface area contributed by atoms with Crippen molar-refractivity contribution in [3.05, 3.63) is 71.3 Å². The standard InChI is InChI=1S/C8H7ClS.C7H5ClO.C4H12N2.ClH/c1-6-4-2-3-5-7(6)8(9)10;8-7(9)6-4-2-1-3-5-6;1-4(2,3)6-5;/h2-5H,1H3;1-5H;6H,5H2,1-3H3;1H. The van der Waals surface area contributed by atoms with Gasteiger partial charge in [-0.1, -0.05) is 78.4 Å². The highest BCUT2D eigenvalue weighted by molar-refractivity contribution is 7.83. The molecule has 0 radical (unpaired) electrons. The SMILES string of the molecule is CC(C)(C)NN.Cc1ccccc1C(=S)Cl.Cl.O=C(Cl)c1ccccc1. The number of halogens is 3.